The summed E-state index contributed by atoms with van der Waals surface area (Å²) in [5.41, 5.74) is 0. The third kappa shape index (κ3) is 4.44. The summed E-state index contributed by atoms with van der Waals surface area (Å²) in [5, 5.41) is 14.8. The first-order valence-corrected chi connectivity index (χ1v) is 9.48. The fourth-order valence-corrected chi connectivity index (χ4v) is 3.53. The molecule has 0 aromatic heterocycles. The van der Waals surface area contributed by atoms with Crippen molar-refractivity contribution in [3.63, 3.8) is 0 Å². The van der Waals surface area contributed by atoms with Gasteiger partial charge in [0.2, 0.25) is 10.0 Å². The van der Waals surface area contributed by atoms with Gasteiger partial charge in [-0.25, -0.2) is 17.9 Å². The number of aliphatic hydroxyl groups is 1. The minimum atomic E-state index is -3.85. The van der Waals surface area contributed by atoms with Crippen LogP contribution in [0.3, 0.4) is 0 Å². The third-order valence-electron chi connectivity index (χ3n) is 3.64. The summed E-state index contributed by atoms with van der Waals surface area (Å²) in [6.07, 6.45) is -1.16. The van der Waals surface area contributed by atoms with Crippen LogP contribution in [0.5, 0.6) is 11.5 Å². The maximum absolute atomic E-state index is 12.4. The quantitative estimate of drug-likeness (QED) is 0.588. The van der Waals surface area contributed by atoms with Gasteiger partial charge in [-0.2, -0.15) is 0 Å². The van der Waals surface area contributed by atoms with Crippen molar-refractivity contribution in [1.82, 2.24) is 15.4 Å². The van der Waals surface area contributed by atoms with E-state index in [1.807, 2.05) is 0 Å². The number of rotatable bonds is 6. The second-order valence-electron chi connectivity index (χ2n) is 5.55. The smallest absolute Gasteiger partial charge is 0.317 e. The van der Waals surface area contributed by atoms with Crippen molar-refractivity contribution in [2.24, 2.45) is 0 Å². The molecule has 0 radical (unpaired) electrons. The zero-order chi connectivity index (χ0) is 18.7. The van der Waals surface area contributed by atoms with Gasteiger partial charge in [0.1, 0.15) is 17.7 Å². The molecule has 2 aromatic rings. The van der Waals surface area contributed by atoms with Gasteiger partial charge in [0.15, 0.2) is 0 Å². The fourth-order valence-electron chi connectivity index (χ4n) is 2.31. The van der Waals surface area contributed by atoms with Crippen LogP contribution in [0.25, 0.3) is 0 Å². The van der Waals surface area contributed by atoms with Gasteiger partial charge < -0.3 is 20.5 Å². The Bertz CT molecular complexity index is 904. The van der Waals surface area contributed by atoms with Crippen LogP contribution in [0.15, 0.2) is 53.4 Å². The van der Waals surface area contributed by atoms with Crippen molar-refractivity contribution < 1.29 is 23.1 Å². The highest BCUT2D eigenvalue weighted by atomic mass is 35.5. The monoisotopic (exact) mass is 397 g/mol. The minimum Gasteiger partial charge on any atom is -0.457 e. The SMILES string of the molecule is O=C1NC(O)[C@H](CNS(=O)(=O)c2cccc(Oc3ccc(Cl)cc3)c2)N1. The topological polar surface area (TPSA) is 117 Å². The van der Waals surface area contributed by atoms with E-state index in [-0.39, 0.29) is 11.4 Å². The second-order valence-corrected chi connectivity index (χ2v) is 7.76. The van der Waals surface area contributed by atoms with Crippen molar-refractivity contribution in [2.75, 3.05) is 6.54 Å². The molecule has 26 heavy (non-hydrogen) atoms. The van der Waals surface area contributed by atoms with Gasteiger partial charge in [0, 0.05) is 17.6 Å². The number of hydrogen-bond acceptors (Lipinski definition) is 5. The molecule has 8 nitrogen and oxygen atoms in total. The van der Waals surface area contributed by atoms with Crippen LogP contribution < -0.4 is 20.1 Å². The van der Waals surface area contributed by atoms with Crippen molar-refractivity contribution in [1.29, 1.82) is 0 Å². The van der Waals surface area contributed by atoms with E-state index in [1.54, 1.807) is 36.4 Å². The zero-order valence-corrected chi connectivity index (χ0v) is 14.9. The average molecular weight is 398 g/mol. The molecule has 10 heteroatoms. The van der Waals surface area contributed by atoms with Gasteiger partial charge >= 0.3 is 6.03 Å². The number of benzene rings is 2. The number of nitrogens with one attached hydrogen (secondary N) is 3. The molecule has 0 bridgehead atoms. The van der Waals surface area contributed by atoms with Crippen molar-refractivity contribution in [3.05, 3.63) is 53.6 Å². The number of urea groups is 1. The van der Waals surface area contributed by atoms with Crippen LogP contribution >= 0.6 is 11.6 Å². The molecule has 2 atom stereocenters. The number of amides is 2. The van der Waals surface area contributed by atoms with Crippen LogP contribution in [0.2, 0.25) is 5.02 Å². The molecule has 0 aliphatic carbocycles. The molecule has 4 N–H and O–H groups in total. The van der Waals surface area contributed by atoms with Gasteiger partial charge in [-0.15, -0.1) is 0 Å². The molecule has 2 aromatic carbocycles. The fraction of sp³-hybridized carbons (Fsp3) is 0.188. The first-order valence-electron chi connectivity index (χ1n) is 7.62. The molecule has 3 rings (SSSR count). The van der Waals surface area contributed by atoms with E-state index in [2.05, 4.69) is 15.4 Å². The highest BCUT2D eigenvalue weighted by Crippen LogP contribution is 2.25. The average Bonchev–Trinajstić information content (AvgIpc) is 2.93. The Morgan fingerprint density at radius 2 is 1.85 bits per heavy atom. The van der Waals surface area contributed by atoms with Crippen LogP contribution in [0, 0.1) is 0 Å². The lowest BCUT2D eigenvalue weighted by Gasteiger charge is -2.14. The Hall–Kier alpha value is -2.33. The molecular formula is C16H16ClN3O5S. The Balaban J connectivity index is 1.69. The van der Waals surface area contributed by atoms with Crippen LogP contribution in [-0.2, 0) is 10.0 Å². The molecule has 138 valence electrons. The maximum atomic E-state index is 12.4. The largest absolute Gasteiger partial charge is 0.457 e. The zero-order valence-electron chi connectivity index (χ0n) is 13.3. The van der Waals surface area contributed by atoms with E-state index < -0.39 is 28.3 Å². The minimum absolute atomic E-state index is 0.00395. The van der Waals surface area contributed by atoms with Crippen molar-refractivity contribution in [2.45, 2.75) is 17.2 Å². The number of halogens is 1. The van der Waals surface area contributed by atoms with Gasteiger partial charge in [0.25, 0.3) is 0 Å². The van der Waals surface area contributed by atoms with Crippen LogP contribution in [0.1, 0.15) is 0 Å². The number of ether oxygens (including phenoxy) is 1. The third-order valence-corrected chi connectivity index (χ3v) is 5.31. The molecule has 1 aliphatic rings. The maximum Gasteiger partial charge on any atom is 0.317 e. The lowest BCUT2D eigenvalue weighted by molar-refractivity contribution is 0.140. The lowest BCUT2D eigenvalue weighted by Crippen LogP contribution is -2.43. The predicted molar refractivity (Wildman–Crippen MR) is 94.6 cm³/mol. The van der Waals surface area contributed by atoms with E-state index in [4.69, 9.17) is 16.3 Å². The van der Waals surface area contributed by atoms with Crippen LogP contribution in [-0.4, -0.2) is 38.4 Å². The van der Waals surface area contributed by atoms with Gasteiger partial charge in [-0.1, -0.05) is 17.7 Å². The standard InChI is InChI=1S/C16H16ClN3O5S/c17-10-4-6-11(7-5-10)25-12-2-1-3-13(8-12)26(23,24)18-9-14-15(21)20-16(22)19-14/h1-8,14-15,18,21H,9H2,(H2,19,20,22)/t14-,15?/m0/s1. The number of hydrogen-bond donors (Lipinski definition) is 4. The molecule has 1 fully saturated rings. The summed E-state index contributed by atoms with van der Waals surface area (Å²) in [7, 11) is -3.85. The Morgan fingerprint density at radius 3 is 2.50 bits per heavy atom. The summed E-state index contributed by atoms with van der Waals surface area (Å²) < 4.78 is 32.8. The molecule has 0 spiro atoms. The Labute approximate surface area is 155 Å². The molecule has 1 unspecified atom stereocenters. The van der Waals surface area contributed by atoms with E-state index >= 15 is 0 Å². The highest BCUT2D eigenvalue weighted by Gasteiger charge is 2.30. The lowest BCUT2D eigenvalue weighted by atomic mass is 10.3. The molecule has 1 saturated heterocycles. The van der Waals surface area contributed by atoms with Crippen molar-refractivity contribution in [3.8, 4) is 11.5 Å². The first-order chi connectivity index (χ1) is 12.3. The molecule has 1 aliphatic heterocycles. The van der Waals surface area contributed by atoms with Gasteiger partial charge in [-0.05, 0) is 36.4 Å². The molecule has 2 amide bonds. The number of aliphatic hydroxyl groups excluding tert-OH is 1. The summed E-state index contributed by atoms with van der Waals surface area (Å²) in [5.74, 6) is 0.853. The number of carbonyl (C=O) groups is 1. The Kier molecular flexibility index (Phi) is 5.33. The van der Waals surface area contributed by atoms with E-state index in [0.717, 1.165) is 0 Å². The summed E-state index contributed by atoms with van der Waals surface area (Å²) in [6, 6.07) is 11.3. The van der Waals surface area contributed by atoms with Crippen molar-refractivity contribution >= 4 is 27.7 Å². The molecule has 0 saturated carbocycles. The van der Waals surface area contributed by atoms with Crippen LogP contribution in [0.4, 0.5) is 4.79 Å². The predicted octanol–water partition coefficient (Wildman–Crippen LogP) is 1.41. The number of sulfonamides is 1. The van der Waals surface area contributed by atoms with E-state index in [0.29, 0.717) is 16.5 Å². The summed E-state index contributed by atoms with van der Waals surface area (Å²) in [6.45, 7) is -0.162. The van der Waals surface area contributed by atoms with E-state index in [9.17, 15) is 18.3 Å². The number of carbonyl (C=O) groups excluding carboxylic acids is 1. The molecule has 1 heterocycles. The normalized spacial score (nSPS) is 19.7. The highest BCUT2D eigenvalue weighted by molar-refractivity contribution is 7.89. The van der Waals surface area contributed by atoms with E-state index in [1.165, 1.54) is 12.1 Å². The summed E-state index contributed by atoms with van der Waals surface area (Å²) >= 11 is 5.82. The Morgan fingerprint density at radius 1 is 1.12 bits per heavy atom. The second kappa shape index (κ2) is 7.50. The molecular weight excluding hydrogens is 382 g/mol. The van der Waals surface area contributed by atoms with Gasteiger partial charge in [0.05, 0.1) is 10.9 Å². The summed E-state index contributed by atoms with van der Waals surface area (Å²) in [4.78, 5) is 11.1. The first kappa shape index (κ1) is 18.5. The van der Waals surface area contributed by atoms with Gasteiger partial charge in [-0.3, -0.25) is 0 Å².